The average molecular weight is 188 g/mol. The van der Waals surface area contributed by atoms with Gasteiger partial charge in [0.15, 0.2) is 5.12 Å². The molecule has 0 aliphatic carbocycles. The highest BCUT2D eigenvalue weighted by Crippen LogP contribution is 2.15. The summed E-state index contributed by atoms with van der Waals surface area (Å²) >= 11 is 1.46. The molecule has 0 aliphatic rings. The van der Waals surface area contributed by atoms with Crippen LogP contribution in [0.5, 0.6) is 0 Å². The monoisotopic (exact) mass is 188 g/mol. The maximum Gasteiger partial charge on any atom is 0.185 e. The number of rotatable bonds is 6. The summed E-state index contributed by atoms with van der Waals surface area (Å²) in [5.74, 6) is 1.70. The van der Waals surface area contributed by atoms with Gasteiger partial charge < -0.3 is 0 Å². The van der Waals surface area contributed by atoms with E-state index in [0.717, 1.165) is 5.75 Å². The highest BCUT2D eigenvalue weighted by Gasteiger charge is 2.03. The van der Waals surface area contributed by atoms with Gasteiger partial charge in [0.2, 0.25) is 0 Å². The Morgan fingerprint density at radius 3 is 2.58 bits per heavy atom. The van der Waals surface area contributed by atoms with Crippen LogP contribution in [0.4, 0.5) is 0 Å². The molecule has 0 spiro atoms. The van der Waals surface area contributed by atoms with Crippen LogP contribution in [0.3, 0.4) is 0 Å². The third-order valence-electron chi connectivity index (χ3n) is 1.87. The van der Waals surface area contributed by atoms with Crippen molar-refractivity contribution in [2.75, 3.05) is 5.75 Å². The van der Waals surface area contributed by atoms with Crippen molar-refractivity contribution in [1.29, 1.82) is 0 Å². The normalized spacial score (nSPS) is 12.9. The fourth-order valence-electron chi connectivity index (χ4n) is 1.09. The van der Waals surface area contributed by atoms with E-state index in [2.05, 4.69) is 13.8 Å². The molecule has 2 heteroatoms. The standard InChI is InChI=1S/C10H20OS/c1-4-5-6-7-9(2)8-12-10(3)11/h9H,4-8H2,1-3H3. The van der Waals surface area contributed by atoms with E-state index in [-0.39, 0.29) is 5.12 Å². The topological polar surface area (TPSA) is 17.1 Å². The Kier molecular flexibility index (Phi) is 7.67. The van der Waals surface area contributed by atoms with Gasteiger partial charge in [0.25, 0.3) is 0 Å². The van der Waals surface area contributed by atoms with E-state index in [1.54, 1.807) is 6.92 Å². The van der Waals surface area contributed by atoms with Crippen molar-refractivity contribution in [3.63, 3.8) is 0 Å². The van der Waals surface area contributed by atoms with Crippen LogP contribution in [0.15, 0.2) is 0 Å². The zero-order valence-corrected chi connectivity index (χ0v) is 9.25. The average Bonchev–Trinajstić information content (AvgIpc) is 2.01. The van der Waals surface area contributed by atoms with E-state index in [1.807, 2.05) is 0 Å². The van der Waals surface area contributed by atoms with Gasteiger partial charge in [-0.05, 0) is 12.3 Å². The minimum Gasteiger partial charge on any atom is -0.288 e. The molecule has 0 aliphatic heterocycles. The lowest BCUT2D eigenvalue weighted by molar-refractivity contribution is -0.109. The molecule has 0 rings (SSSR count). The molecule has 0 aromatic rings. The fourth-order valence-corrected chi connectivity index (χ4v) is 1.77. The zero-order valence-electron chi connectivity index (χ0n) is 8.43. The van der Waals surface area contributed by atoms with Gasteiger partial charge in [-0.25, -0.2) is 0 Å². The summed E-state index contributed by atoms with van der Waals surface area (Å²) in [6.45, 7) is 6.09. The summed E-state index contributed by atoms with van der Waals surface area (Å²) in [5, 5.41) is 0.248. The molecule has 0 amide bonds. The van der Waals surface area contributed by atoms with Crippen LogP contribution in [0.25, 0.3) is 0 Å². The predicted molar refractivity (Wildman–Crippen MR) is 56.4 cm³/mol. The smallest absolute Gasteiger partial charge is 0.185 e. The second kappa shape index (κ2) is 7.66. The van der Waals surface area contributed by atoms with Crippen LogP contribution in [-0.4, -0.2) is 10.9 Å². The van der Waals surface area contributed by atoms with Crippen molar-refractivity contribution in [2.45, 2.75) is 46.5 Å². The van der Waals surface area contributed by atoms with E-state index in [9.17, 15) is 4.79 Å². The molecule has 0 aromatic heterocycles. The Morgan fingerprint density at radius 1 is 1.42 bits per heavy atom. The molecular weight excluding hydrogens is 168 g/mol. The third kappa shape index (κ3) is 8.12. The Morgan fingerprint density at radius 2 is 2.08 bits per heavy atom. The molecular formula is C10H20OS. The molecule has 0 bridgehead atoms. The number of hydrogen-bond acceptors (Lipinski definition) is 2. The van der Waals surface area contributed by atoms with E-state index in [0.29, 0.717) is 5.92 Å². The molecule has 1 unspecified atom stereocenters. The Hall–Kier alpha value is 0.0200. The van der Waals surface area contributed by atoms with E-state index in [1.165, 1.54) is 37.4 Å². The van der Waals surface area contributed by atoms with Gasteiger partial charge in [-0.3, -0.25) is 4.79 Å². The van der Waals surface area contributed by atoms with Crippen molar-refractivity contribution in [3.05, 3.63) is 0 Å². The van der Waals surface area contributed by atoms with Gasteiger partial charge in [-0.2, -0.15) is 0 Å². The van der Waals surface area contributed by atoms with Gasteiger partial charge in [0.05, 0.1) is 0 Å². The van der Waals surface area contributed by atoms with Gasteiger partial charge in [-0.15, -0.1) is 0 Å². The molecule has 0 N–H and O–H groups in total. The maximum absolute atomic E-state index is 10.6. The summed E-state index contributed by atoms with van der Waals surface area (Å²) in [7, 11) is 0. The Labute approximate surface area is 80.3 Å². The van der Waals surface area contributed by atoms with Crippen molar-refractivity contribution < 1.29 is 4.79 Å². The zero-order chi connectivity index (χ0) is 9.40. The van der Waals surface area contributed by atoms with Gasteiger partial charge in [-0.1, -0.05) is 44.9 Å². The fraction of sp³-hybridized carbons (Fsp3) is 0.900. The second-order valence-corrected chi connectivity index (χ2v) is 4.60. The van der Waals surface area contributed by atoms with Crippen molar-refractivity contribution in [1.82, 2.24) is 0 Å². The number of thioether (sulfide) groups is 1. The molecule has 0 heterocycles. The van der Waals surface area contributed by atoms with E-state index in [4.69, 9.17) is 0 Å². The quantitative estimate of drug-likeness (QED) is 0.594. The van der Waals surface area contributed by atoms with Crippen molar-refractivity contribution in [3.8, 4) is 0 Å². The highest BCUT2D eigenvalue weighted by molar-refractivity contribution is 8.13. The lowest BCUT2D eigenvalue weighted by Gasteiger charge is -2.08. The van der Waals surface area contributed by atoms with Crippen LogP contribution in [0, 0.1) is 5.92 Å². The Balaban J connectivity index is 3.21. The third-order valence-corrected chi connectivity index (χ3v) is 3.01. The van der Waals surface area contributed by atoms with Gasteiger partial charge in [0, 0.05) is 12.7 Å². The first-order valence-corrected chi connectivity index (χ1v) is 5.78. The summed E-state index contributed by atoms with van der Waals surface area (Å²) in [5.41, 5.74) is 0. The number of carbonyl (C=O) groups excluding carboxylic acids is 1. The second-order valence-electron chi connectivity index (χ2n) is 3.40. The molecule has 0 aromatic carbocycles. The SMILES string of the molecule is CCCCCC(C)CSC(C)=O. The molecule has 12 heavy (non-hydrogen) atoms. The number of hydrogen-bond donors (Lipinski definition) is 0. The first-order valence-electron chi connectivity index (χ1n) is 4.80. The van der Waals surface area contributed by atoms with Crippen LogP contribution in [0.1, 0.15) is 46.5 Å². The Bertz CT molecular complexity index is 123. The highest BCUT2D eigenvalue weighted by atomic mass is 32.2. The minimum atomic E-state index is 0.248. The van der Waals surface area contributed by atoms with Gasteiger partial charge >= 0.3 is 0 Å². The summed E-state index contributed by atoms with van der Waals surface area (Å²) in [6, 6.07) is 0. The number of carbonyl (C=O) groups is 1. The largest absolute Gasteiger partial charge is 0.288 e. The van der Waals surface area contributed by atoms with Crippen LogP contribution in [-0.2, 0) is 4.79 Å². The van der Waals surface area contributed by atoms with E-state index < -0.39 is 0 Å². The lowest BCUT2D eigenvalue weighted by atomic mass is 10.1. The van der Waals surface area contributed by atoms with Crippen LogP contribution >= 0.6 is 11.8 Å². The molecule has 1 nitrogen and oxygen atoms in total. The molecule has 72 valence electrons. The first-order chi connectivity index (χ1) is 5.66. The minimum absolute atomic E-state index is 0.248. The summed E-state index contributed by atoms with van der Waals surface area (Å²) in [6.07, 6.45) is 5.20. The lowest BCUT2D eigenvalue weighted by Crippen LogP contribution is -2.00. The first kappa shape index (κ1) is 12.0. The maximum atomic E-state index is 10.6. The molecule has 0 saturated carbocycles. The van der Waals surface area contributed by atoms with Crippen molar-refractivity contribution in [2.24, 2.45) is 5.92 Å². The molecule has 0 saturated heterocycles. The summed E-state index contributed by atoms with van der Waals surface area (Å²) in [4.78, 5) is 10.6. The van der Waals surface area contributed by atoms with Crippen LogP contribution < -0.4 is 0 Å². The van der Waals surface area contributed by atoms with Gasteiger partial charge in [0.1, 0.15) is 0 Å². The summed E-state index contributed by atoms with van der Waals surface area (Å²) < 4.78 is 0. The van der Waals surface area contributed by atoms with Crippen molar-refractivity contribution >= 4 is 16.9 Å². The molecule has 0 fully saturated rings. The van der Waals surface area contributed by atoms with Crippen LogP contribution in [0.2, 0.25) is 0 Å². The molecule has 0 radical (unpaired) electrons. The van der Waals surface area contributed by atoms with E-state index >= 15 is 0 Å². The number of unbranched alkanes of at least 4 members (excludes halogenated alkanes) is 2. The predicted octanol–water partition coefficient (Wildman–Crippen LogP) is 3.48. The molecule has 1 atom stereocenters.